The van der Waals surface area contributed by atoms with Crippen molar-refractivity contribution in [3.8, 4) is 11.1 Å². The number of carbonyl (C=O) groups excluding carboxylic acids is 1. The minimum absolute atomic E-state index is 0.0884. The van der Waals surface area contributed by atoms with Crippen molar-refractivity contribution in [3.63, 3.8) is 0 Å². The SMILES string of the molecule is C[C@@H](c1ccccc1)n1cccc(C(=O)Nc2ccc(-c3cn(C4CCN(C)CC4)c4ncnc(N)c34)cc2)c1=O. The van der Waals surface area contributed by atoms with E-state index >= 15 is 0 Å². The lowest BCUT2D eigenvalue weighted by Crippen LogP contribution is -2.31. The first kappa shape index (κ1) is 26.5. The van der Waals surface area contributed by atoms with Crippen molar-refractivity contribution in [2.24, 2.45) is 0 Å². The molecule has 3 aromatic heterocycles. The van der Waals surface area contributed by atoms with Gasteiger partial charge in [0.2, 0.25) is 0 Å². The standard InChI is InChI=1S/C32H33N7O2/c1-21(22-7-4-3-5-8-22)38-16-6-9-26(32(38)41)31(40)36-24-12-10-23(11-13-24)27-19-39(25-14-17-37(2)18-15-25)30-28(27)29(33)34-20-35-30/h3-13,16,19-21,25H,14-15,17-18H2,1-2H3,(H,36,40)(H2,33,34,35)/t21-/m0/s1. The fraction of sp³-hybridized carbons (Fsp3) is 0.250. The van der Waals surface area contributed by atoms with E-state index in [1.807, 2.05) is 61.5 Å². The molecule has 208 valence electrons. The van der Waals surface area contributed by atoms with Crippen LogP contribution >= 0.6 is 0 Å². The van der Waals surface area contributed by atoms with Crippen LogP contribution in [0.1, 0.15) is 47.8 Å². The molecular weight excluding hydrogens is 514 g/mol. The third kappa shape index (κ3) is 5.12. The lowest BCUT2D eigenvalue weighted by atomic mass is 10.1. The van der Waals surface area contributed by atoms with Crippen molar-refractivity contribution in [1.82, 2.24) is 24.0 Å². The molecule has 1 atom stereocenters. The quantitative estimate of drug-likeness (QED) is 0.311. The first-order valence-corrected chi connectivity index (χ1v) is 13.9. The monoisotopic (exact) mass is 547 g/mol. The molecule has 0 saturated carbocycles. The van der Waals surface area contributed by atoms with Gasteiger partial charge in [-0.1, -0.05) is 42.5 Å². The summed E-state index contributed by atoms with van der Waals surface area (Å²) in [6.07, 6.45) is 7.44. The molecular formula is C32H33N7O2. The number of hydrogen-bond donors (Lipinski definition) is 2. The molecule has 1 aliphatic heterocycles. The van der Waals surface area contributed by atoms with Crippen LogP contribution in [0, 0.1) is 0 Å². The number of nitrogen functional groups attached to an aromatic ring is 1. The van der Waals surface area contributed by atoms with Gasteiger partial charge in [0.15, 0.2) is 0 Å². The average Bonchev–Trinajstić information content (AvgIpc) is 3.39. The number of rotatable bonds is 6. The van der Waals surface area contributed by atoms with Crippen LogP contribution in [0.5, 0.6) is 0 Å². The summed E-state index contributed by atoms with van der Waals surface area (Å²) in [6.45, 7) is 4.01. The van der Waals surface area contributed by atoms with E-state index in [0.717, 1.165) is 53.7 Å². The molecule has 41 heavy (non-hydrogen) atoms. The van der Waals surface area contributed by atoms with Gasteiger partial charge >= 0.3 is 0 Å². The second-order valence-electron chi connectivity index (χ2n) is 10.7. The first-order chi connectivity index (χ1) is 19.9. The Morgan fingerprint density at radius 3 is 2.46 bits per heavy atom. The number of benzene rings is 2. The van der Waals surface area contributed by atoms with Crippen molar-refractivity contribution in [2.75, 3.05) is 31.2 Å². The normalized spacial score (nSPS) is 15.2. The zero-order valence-electron chi connectivity index (χ0n) is 23.2. The van der Waals surface area contributed by atoms with Crippen LogP contribution in [0.25, 0.3) is 22.2 Å². The summed E-state index contributed by atoms with van der Waals surface area (Å²) in [4.78, 5) is 37.6. The molecule has 0 unspecified atom stereocenters. The Balaban J connectivity index is 1.25. The molecule has 0 spiro atoms. The molecule has 1 aliphatic rings. The Morgan fingerprint density at radius 2 is 1.73 bits per heavy atom. The Hall–Kier alpha value is -4.76. The lowest BCUT2D eigenvalue weighted by molar-refractivity contribution is 0.102. The van der Waals surface area contributed by atoms with Gasteiger partial charge in [-0.25, -0.2) is 9.97 Å². The predicted molar refractivity (Wildman–Crippen MR) is 162 cm³/mol. The van der Waals surface area contributed by atoms with Crippen LogP contribution in [0.2, 0.25) is 0 Å². The van der Waals surface area contributed by atoms with Crippen LogP contribution in [-0.2, 0) is 0 Å². The Labute approximate surface area is 238 Å². The fourth-order valence-corrected chi connectivity index (χ4v) is 5.69. The molecule has 5 aromatic rings. The van der Waals surface area contributed by atoms with Gasteiger partial charge in [-0.15, -0.1) is 0 Å². The highest BCUT2D eigenvalue weighted by molar-refractivity contribution is 6.04. The van der Waals surface area contributed by atoms with E-state index in [1.165, 1.54) is 6.33 Å². The summed E-state index contributed by atoms with van der Waals surface area (Å²) >= 11 is 0. The number of likely N-dealkylation sites (tertiary alicyclic amines) is 1. The molecule has 3 N–H and O–H groups in total. The molecule has 1 saturated heterocycles. The summed E-state index contributed by atoms with van der Waals surface area (Å²) in [5.74, 6) is -0.00646. The molecule has 2 aromatic carbocycles. The van der Waals surface area contributed by atoms with Gasteiger partial charge in [0.1, 0.15) is 23.4 Å². The summed E-state index contributed by atoms with van der Waals surface area (Å²) in [5, 5.41) is 3.72. The van der Waals surface area contributed by atoms with Gasteiger partial charge < -0.3 is 25.1 Å². The minimum Gasteiger partial charge on any atom is -0.383 e. The topological polar surface area (TPSA) is 111 Å². The van der Waals surface area contributed by atoms with E-state index in [9.17, 15) is 9.59 Å². The maximum atomic E-state index is 13.2. The fourth-order valence-electron chi connectivity index (χ4n) is 5.69. The largest absolute Gasteiger partial charge is 0.383 e. The maximum Gasteiger partial charge on any atom is 0.263 e. The highest BCUT2D eigenvalue weighted by Gasteiger charge is 2.23. The number of nitrogens with one attached hydrogen (secondary N) is 1. The van der Waals surface area contributed by atoms with E-state index in [2.05, 4.69) is 38.0 Å². The van der Waals surface area contributed by atoms with E-state index in [1.54, 1.807) is 22.9 Å². The van der Waals surface area contributed by atoms with Crippen molar-refractivity contribution in [2.45, 2.75) is 31.8 Å². The number of nitrogens with zero attached hydrogens (tertiary/aromatic N) is 5. The Morgan fingerprint density at radius 1 is 1.00 bits per heavy atom. The predicted octanol–water partition coefficient (Wildman–Crippen LogP) is 4.97. The van der Waals surface area contributed by atoms with Gasteiger partial charge in [-0.2, -0.15) is 0 Å². The number of nitrogens with two attached hydrogens (primary N) is 1. The number of anilines is 2. The number of amides is 1. The van der Waals surface area contributed by atoms with Gasteiger partial charge in [0.05, 0.1) is 11.4 Å². The average molecular weight is 548 g/mol. The lowest BCUT2D eigenvalue weighted by Gasteiger charge is -2.30. The summed E-state index contributed by atoms with van der Waals surface area (Å²) < 4.78 is 3.82. The molecule has 0 radical (unpaired) electrons. The number of fused-ring (bicyclic) bond motifs is 1. The smallest absolute Gasteiger partial charge is 0.263 e. The molecule has 6 rings (SSSR count). The molecule has 4 heterocycles. The third-order valence-corrected chi connectivity index (χ3v) is 8.09. The number of carbonyl (C=O) groups is 1. The Bertz CT molecular complexity index is 1750. The highest BCUT2D eigenvalue weighted by atomic mass is 16.2. The zero-order valence-corrected chi connectivity index (χ0v) is 23.2. The summed E-state index contributed by atoms with van der Waals surface area (Å²) in [5.41, 5.74) is 10.4. The van der Waals surface area contributed by atoms with Crippen molar-refractivity contribution in [3.05, 3.63) is 107 Å². The van der Waals surface area contributed by atoms with Gasteiger partial charge in [-0.05, 0) is 75.3 Å². The van der Waals surface area contributed by atoms with Crippen LogP contribution in [-0.4, -0.2) is 50.0 Å². The van der Waals surface area contributed by atoms with Gasteiger partial charge in [0.25, 0.3) is 11.5 Å². The van der Waals surface area contributed by atoms with Gasteiger partial charge in [-0.3, -0.25) is 9.59 Å². The van der Waals surface area contributed by atoms with Crippen LogP contribution < -0.4 is 16.6 Å². The molecule has 1 fully saturated rings. The van der Waals surface area contributed by atoms with Crippen LogP contribution in [0.15, 0.2) is 90.2 Å². The van der Waals surface area contributed by atoms with Crippen LogP contribution in [0.3, 0.4) is 0 Å². The van der Waals surface area contributed by atoms with E-state index in [4.69, 9.17) is 5.73 Å². The number of aromatic nitrogens is 4. The highest BCUT2D eigenvalue weighted by Crippen LogP contribution is 2.36. The number of hydrogen-bond acceptors (Lipinski definition) is 6. The minimum atomic E-state index is -0.450. The molecule has 9 nitrogen and oxygen atoms in total. The second kappa shape index (κ2) is 11.0. The van der Waals surface area contributed by atoms with E-state index < -0.39 is 5.91 Å². The second-order valence-corrected chi connectivity index (χ2v) is 10.7. The van der Waals surface area contributed by atoms with E-state index in [0.29, 0.717) is 17.5 Å². The molecule has 0 aliphatic carbocycles. The van der Waals surface area contributed by atoms with Crippen molar-refractivity contribution in [1.29, 1.82) is 0 Å². The molecule has 0 bridgehead atoms. The summed E-state index contributed by atoms with van der Waals surface area (Å²) in [6, 6.07) is 20.7. The molecule has 1 amide bonds. The van der Waals surface area contributed by atoms with E-state index in [-0.39, 0.29) is 17.2 Å². The third-order valence-electron chi connectivity index (χ3n) is 8.09. The maximum absolute atomic E-state index is 13.2. The first-order valence-electron chi connectivity index (χ1n) is 13.9. The molecule has 9 heteroatoms. The van der Waals surface area contributed by atoms with Crippen molar-refractivity contribution < 1.29 is 4.79 Å². The summed E-state index contributed by atoms with van der Waals surface area (Å²) in [7, 11) is 2.15. The van der Waals surface area contributed by atoms with Crippen LogP contribution in [0.4, 0.5) is 11.5 Å². The van der Waals surface area contributed by atoms with Gasteiger partial charge in [0, 0.05) is 29.7 Å². The number of pyridine rings is 1. The van der Waals surface area contributed by atoms with Crippen molar-refractivity contribution >= 4 is 28.4 Å². The zero-order chi connectivity index (χ0) is 28.5. The Kier molecular flexibility index (Phi) is 7.11. The number of piperidine rings is 1.